The number of nitrogens with one attached hydrogen (secondary N) is 2. The van der Waals surface area contributed by atoms with E-state index in [4.69, 9.17) is 37.5 Å². The van der Waals surface area contributed by atoms with Crippen LogP contribution in [0.25, 0.3) is 0 Å². The third-order valence-electron chi connectivity index (χ3n) is 18.2. The Balaban J connectivity index is 1.16. The first-order valence-corrected chi connectivity index (χ1v) is 35.9. The number of nitrogens with zero attached hydrogens (tertiary/aromatic N) is 6. The van der Waals surface area contributed by atoms with E-state index in [2.05, 4.69) is 28.3 Å². The maximum Gasteiger partial charge on any atom is 0.351 e. The highest BCUT2D eigenvalue weighted by molar-refractivity contribution is 7.44. The first-order chi connectivity index (χ1) is 47.5. The van der Waals surface area contributed by atoms with Gasteiger partial charge in [0.05, 0.1) is 46.0 Å². The normalized spacial score (nSPS) is 19.6. The third kappa shape index (κ3) is 20.4. The van der Waals surface area contributed by atoms with Gasteiger partial charge in [0.1, 0.15) is 41.2 Å². The van der Waals surface area contributed by atoms with Gasteiger partial charge in [-0.3, -0.25) is 28.5 Å². The summed E-state index contributed by atoms with van der Waals surface area (Å²) >= 11 is 0. The van der Waals surface area contributed by atoms with Crippen LogP contribution in [0, 0.1) is 17.2 Å². The van der Waals surface area contributed by atoms with Crippen LogP contribution in [0.3, 0.4) is 0 Å². The molecule has 1 unspecified atom stereocenters. The van der Waals surface area contributed by atoms with Gasteiger partial charge in [-0.25, -0.2) is 18.6 Å². The summed E-state index contributed by atoms with van der Waals surface area (Å²) in [5.41, 5.74) is -1.13. The summed E-state index contributed by atoms with van der Waals surface area (Å²) in [5.74, 6) is -0.480. The number of amides is 2. The molecule has 6 aromatic rings. The number of carbonyl (C=O) groups is 2. The fourth-order valence-electron chi connectivity index (χ4n) is 13.2. The number of halogens is 1. The van der Waals surface area contributed by atoms with Crippen LogP contribution >= 0.6 is 8.53 Å². The van der Waals surface area contributed by atoms with Gasteiger partial charge in [-0.15, -0.1) is 0 Å². The predicted molar refractivity (Wildman–Crippen MR) is 376 cm³/mol. The first kappa shape index (κ1) is 76.3. The zero-order chi connectivity index (χ0) is 70.0. The number of hydrogen-bond donors (Lipinski definition) is 2. The molecule has 4 aromatic carbocycles. The molecule has 21 nitrogen and oxygen atoms in total. The van der Waals surface area contributed by atoms with Gasteiger partial charge in [0.25, 0.3) is 20.0 Å². The lowest BCUT2D eigenvalue weighted by molar-refractivity contribution is -0.137. The van der Waals surface area contributed by atoms with E-state index < -0.39 is 85.9 Å². The summed E-state index contributed by atoms with van der Waals surface area (Å²) in [6, 6.07) is 37.7. The summed E-state index contributed by atoms with van der Waals surface area (Å²) in [5, 5.41) is 12.3. The van der Waals surface area contributed by atoms with E-state index in [1.165, 1.54) is 87.9 Å². The largest absolute Gasteiger partial charge is 0.497 e. The molecule has 2 aliphatic heterocycles. The quantitative estimate of drug-likeness (QED) is 0.0206. The zero-order valence-corrected chi connectivity index (χ0v) is 59.0. The van der Waals surface area contributed by atoms with Gasteiger partial charge in [0.15, 0.2) is 18.6 Å². The molecule has 0 spiro atoms. The average Bonchev–Trinajstić information content (AvgIpc) is 0.855. The van der Waals surface area contributed by atoms with Gasteiger partial charge < -0.3 is 47.7 Å². The number of methoxy groups -OCH3 is 3. The van der Waals surface area contributed by atoms with Crippen molar-refractivity contribution in [3.8, 4) is 17.6 Å². The smallest absolute Gasteiger partial charge is 0.351 e. The Morgan fingerprint density at radius 1 is 0.694 bits per heavy atom. The van der Waals surface area contributed by atoms with Crippen LogP contribution < -0.4 is 31.7 Å². The summed E-state index contributed by atoms with van der Waals surface area (Å²) in [7, 11) is 2.58. The summed E-state index contributed by atoms with van der Waals surface area (Å²) < 4.78 is 74.0. The maximum absolute atomic E-state index is 17.8. The highest BCUT2D eigenvalue weighted by Gasteiger charge is 2.53. The van der Waals surface area contributed by atoms with Gasteiger partial charge in [-0.05, 0) is 93.3 Å². The molecule has 4 heterocycles. The van der Waals surface area contributed by atoms with Crippen LogP contribution in [0.5, 0.6) is 11.5 Å². The molecule has 9 atom stereocenters. The molecule has 2 aromatic heterocycles. The second kappa shape index (κ2) is 38.8. The molecule has 2 N–H and O–H groups in total. The Kier molecular flexibility index (Phi) is 30.2. The first-order valence-electron chi connectivity index (χ1n) is 34.8. The van der Waals surface area contributed by atoms with Crippen LogP contribution in [-0.4, -0.2) is 131 Å². The third-order valence-corrected chi connectivity index (χ3v) is 20.4. The average molecular weight is 1370 g/mol. The molecule has 530 valence electrons. The molecule has 2 fully saturated rings. The van der Waals surface area contributed by atoms with Crippen molar-refractivity contribution in [3.05, 3.63) is 187 Å². The molecule has 2 aliphatic rings. The molecule has 2 saturated heterocycles. The minimum absolute atomic E-state index is 0.00163. The lowest BCUT2D eigenvalue weighted by Gasteiger charge is -2.38. The summed E-state index contributed by atoms with van der Waals surface area (Å²) in [6.45, 7) is 9.86. The molecule has 0 aliphatic carbocycles. The van der Waals surface area contributed by atoms with Gasteiger partial charge in [-0.1, -0.05) is 170 Å². The molecule has 2 amide bonds. The van der Waals surface area contributed by atoms with Crippen molar-refractivity contribution in [2.75, 3.05) is 52.9 Å². The van der Waals surface area contributed by atoms with E-state index in [1.807, 2.05) is 111 Å². The fraction of sp³-hybridized carbons (Fsp3) is 0.533. The standard InChI is InChI=1S/C75H100FN8O13P/c1-9-10-11-12-13-14-15-16-17-18-19-20-21-22-29-46-81(51-62-69(67(76)71(95-62)82-48-44-65(85)80-74(82)89)97-98(94-49-30-45-77)84(53(2)3)54(4)5)66(86)50-61-63(96-72(68(61)92-8)83-47-43-64(79-73(83)88)78-70(87)55-31-25-23-26-32-55)52-93-75(56-33-27-24-28-34-56,57-35-39-59(90-6)40-36-57)58-37-41-60(91-7)42-38-58/h23-28,31-44,47-48,53-54,61-63,67-69,71-72H,9-22,29-30,46,49-52H2,1-8H3,(H,80,85,89)(H,78,79,87,88)/t61-,62-,63-,67-,68-,69-,71-,72-,98?/m1/s1. The summed E-state index contributed by atoms with van der Waals surface area (Å²) in [4.78, 5) is 77.9. The van der Waals surface area contributed by atoms with Crippen LogP contribution in [-0.2, 0) is 38.4 Å². The zero-order valence-electron chi connectivity index (χ0n) is 58.1. The number of ether oxygens (including phenoxy) is 6. The second-order valence-electron chi connectivity index (χ2n) is 25.7. The van der Waals surface area contributed by atoms with Crippen LogP contribution in [0.1, 0.15) is 183 Å². The van der Waals surface area contributed by atoms with E-state index in [1.54, 1.807) is 49.5 Å². The number of nitriles is 1. The molecule has 8 rings (SSSR count). The number of rotatable bonds is 41. The predicted octanol–water partition coefficient (Wildman–Crippen LogP) is 13.6. The topological polar surface area (TPSA) is 240 Å². The number of unbranched alkanes of at least 4 members (excludes halogenated alkanes) is 14. The van der Waals surface area contributed by atoms with Crippen LogP contribution in [0.2, 0.25) is 0 Å². The monoisotopic (exact) mass is 1370 g/mol. The highest BCUT2D eigenvalue weighted by atomic mass is 31.2. The number of alkyl halides is 1. The van der Waals surface area contributed by atoms with Crippen molar-refractivity contribution in [3.63, 3.8) is 0 Å². The van der Waals surface area contributed by atoms with Crippen molar-refractivity contribution in [1.29, 1.82) is 5.26 Å². The van der Waals surface area contributed by atoms with E-state index in [9.17, 15) is 24.4 Å². The van der Waals surface area contributed by atoms with Gasteiger partial charge in [-0.2, -0.15) is 10.2 Å². The van der Waals surface area contributed by atoms with Crippen molar-refractivity contribution >= 4 is 26.2 Å². The Bertz CT molecular complexity index is 3560. The van der Waals surface area contributed by atoms with E-state index in [0.717, 1.165) is 59.4 Å². The minimum Gasteiger partial charge on any atom is -0.497 e. The van der Waals surface area contributed by atoms with Gasteiger partial charge in [0.2, 0.25) is 5.91 Å². The van der Waals surface area contributed by atoms with Crippen molar-refractivity contribution in [2.24, 2.45) is 5.92 Å². The van der Waals surface area contributed by atoms with E-state index in [-0.39, 0.29) is 63.0 Å². The van der Waals surface area contributed by atoms with E-state index in [0.29, 0.717) is 23.5 Å². The number of carbonyl (C=O) groups excluding carboxylic acids is 2. The molecule has 0 saturated carbocycles. The molecular formula is C75H100FN8O13P. The van der Waals surface area contributed by atoms with Gasteiger partial charge >= 0.3 is 11.4 Å². The Morgan fingerprint density at radius 3 is 1.77 bits per heavy atom. The number of aromatic amines is 1. The van der Waals surface area contributed by atoms with Crippen molar-refractivity contribution in [1.82, 2.24) is 28.7 Å². The Morgan fingerprint density at radius 2 is 1.23 bits per heavy atom. The summed E-state index contributed by atoms with van der Waals surface area (Å²) in [6.07, 6.45) is 9.88. The van der Waals surface area contributed by atoms with Crippen LogP contribution in [0.15, 0.2) is 148 Å². The van der Waals surface area contributed by atoms with Crippen molar-refractivity contribution < 1.29 is 51.4 Å². The molecule has 0 radical (unpaired) electrons. The number of benzene rings is 4. The van der Waals surface area contributed by atoms with E-state index >= 15 is 9.18 Å². The lowest BCUT2D eigenvalue weighted by atomic mass is 9.79. The maximum atomic E-state index is 17.8. The lowest BCUT2D eigenvalue weighted by Crippen LogP contribution is -2.46. The van der Waals surface area contributed by atoms with Crippen molar-refractivity contribution in [2.45, 2.75) is 205 Å². The molecular weight excluding hydrogens is 1270 g/mol. The van der Waals surface area contributed by atoms with Gasteiger partial charge in [0, 0.05) is 68.6 Å². The number of anilines is 1. The minimum atomic E-state index is -2.09. The second-order valence-corrected chi connectivity index (χ2v) is 27.1. The van der Waals surface area contributed by atoms with Crippen LogP contribution in [0.4, 0.5) is 10.2 Å². The number of aromatic nitrogens is 4. The Hall–Kier alpha value is -7.45. The SMILES string of the molecule is CCCCCCCCCCCCCCCCCN(C[C@H]1O[C@@H](n2ccc(=O)[nH]c2=O)[C@H](F)[C@@H]1OP(OCCC#N)N(C(C)C)C(C)C)C(=O)C[C@H]1[C@@H](OC)[C@H](n2ccc(NC(=O)c3ccccc3)nc2=O)O[C@@H]1COC(c1ccccc1)(c1ccc(OC)cc1)c1ccc(OC)cc1. The Labute approximate surface area is 577 Å². The number of H-pyrrole nitrogens is 1. The fourth-order valence-corrected chi connectivity index (χ4v) is 15.0. The number of hydrogen-bond acceptors (Lipinski definition) is 16. The molecule has 0 bridgehead atoms. The molecule has 98 heavy (non-hydrogen) atoms. The highest BCUT2D eigenvalue weighted by Crippen LogP contribution is 2.51. The molecule has 23 heteroatoms.